The van der Waals surface area contributed by atoms with E-state index < -0.39 is 12.0 Å². The molecule has 2 N–H and O–H groups in total. The highest BCUT2D eigenvalue weighted by Gasteiger charge is 2.24. The maximum absolute atomic E-state index is 12.8. The van der Waals surface area contributed by atoms with Crippen molar-refractivity contribution in [3.8, 4) is 5.75 Å². The molecule has 0 aliphatic carbocycles. The molecule has 0 radical (unpaired) electrons. The molecule has 0 aromatic heterocycles. The fourth-order valence-electron chi connectivity index (χ4n) is 2.80. The van der Waals surface area contributed by atoms with Crippen LogP contribution < -0.4 is 10.1 Å². The Morgan fingerprint density at radius 3 is 2.15 bits per heavy atom. The van der Waals surface area contributed by atoms with Gasteiger partial charge in [-0.05, 0) is 41.8 Å². The number of carboxylic acids is 1. The van der Waals surface area contributed by atoms with Crippen molar-refractivity contribution in [1.29, 1.82) is 0 Å². The van der Waals surface area contributed by atoms with Crippen LogP contribution in [0.4, 0.5) is 0 Å². The molecule has 0 aliphatic rings. The lowest BCUT2D eigenvalue weighted by Crippen LogP contribution is -2.34. The van der Waals surface area contributed by atoms with Gasteiger partial charge in [-0.15, -0.1) is 0 Å². The lowest BCUT2D eigenvalue weighted by Gasteiger charge is -2.22. The fraction of sp³-hybridized carbons (Fsp3) is 0.300. The van der Waals surface area contributed by atoms with Gasteiger partial charge in [0.1, 0.15) is 5.75 Å². The highest BCUT2D eigenvalue weighted by molar-refractivity contribution is 6.30. The van der Waals surface area contributed by atoms with Gasteiger partial charge >= 0.3 is 5.97 Å². The first-order valence-corrected chi connectivity index (χ1v) is 8.74. The number of hydrogen-bond acceptors (Lipinski definition) is 3. The van der Waals surface area contributed by atoms with Gasteiger partial charge in [0, 0.05) is 5.02 Å². The first kappa shape index (κ1) is 19.8. The standard InChI is InChI=1S/C20H22ClNO4/c1-3-17(13-6-10-16(26-2)11-7-13)20(25)22-18(12-19(23)24)14-4-8-15(21)9-5-14/h4-11,17-18H,3,12H2,1-2H3,(H,22,25)(H,23,24)/t17?,18-/m0/s1. The minimum Gasteiger partial charge on any atom is -0.497 e. The molecule has 0 fully saturated rings. The highest BCUT2D eigenvalue weighted by atomic mass is 35.5. The third-order valence-corrected chi connectivity index (χ3v) is 4.46. The molecular formula is C20H22ClNO4. The van der Waals surface area contributed by atoms with Crippen LogP contribution in [0.2, 0.25) is 5.02 Å². The smallest absolute Gasteiger partial charge is 0.305 e. The summed E-state index contributed by atoms with van der Waals surface area (Å²) in [6.07, 6.45) is 0.394. The summed E-state index contributed by atoms with van der Waals surface area (Å²) < 4.78 is 5.14. The number of carboxylic acid groups (broad SMARTS) is 1. The number of amides is 1. The van der Waals surface area contributed by atoms with Crippen molar-refractivity contribution in [2.45, 2.75) is 31.7 Å². The Bertz CT molecular complexity index is 743. The van der Waals surface area contributed by atoms with Crippen LogP contribution in [0, 0.1) is 0 Å². The SMILES string of the molecule is CCC(C(=O)N[C@@H](CC(=O)O)c1ccc(Cl)cc1)c1ccc(OC)cc1. The Balaban J connectivity index is 2.20. The molecule has 1 unspecified atom stereocenters. The van der Waals surface area contributed by atoms with E-state index in [2.05, 4.69) is 5.32 Å². The number of hydrogen-bond donors (Lipinski definition) is 2. The van der Waals surface area contributed by atoms with Crippen molar-refractivity contribution < 1.29 is 19.4 Å². The van der Waals surface area contributed by atoms with E-state index in [0.717, 1.165) is 5.56 Å². The third-order valence-electron chi connectivity index (χ3n) is 4.21. The van der Waals surface area contributed by atoms with Crippen LogP contribution in [-0.4, -0.2) is 24.1 Å². The maximum atomic E-state index is 12.8. The van der Waals surface area contributed by atoms with Crippen LogP contribution in [0.1, 0.15) is 42.9 Å². The Hall–Kier alpha value is -2.53. The number of rotatable bonds is 8. The van der Waals surface area contributed by atoms with E-state index in [1.165, 1.54) is 0 Å². The molecule has 0 spiro atoms. The second kappa shape index (κ2) is 9.25. The van der Waals surface area contributed by atoms with Crippen LogP contribution in [0.15, 0.2) is 48.5 Å². The number of nitrogens with one attached hydrogen (secondary N) is 1. The Morgan fingerprint density at radius 1 is 1.08 bits per heavy atom. The van der Waals surface area contributed by atoms with E-state index in [4.69, 9.17) is 16.3 Å². The molecule has 0 heterocycles. The highest BCUT2D eigenvalue weighted by Crippen LogP contribution is 2.25. The number of carbonyl (C=O) groups excluding carboxylic acids is 1. The zero-order chi connectivity index (χ0) is 19.1. The maximum Gasteiger partial charge on any atom is 0.305 e. The predicted octanol–water partition coefficient (Wildman–Crippen LogP) is 4.17. The monoisotopic (exact) mass is 375 g/mol. The minimum atomic E-state index is -0.984. The number of benzene rings is 2. The van der Waals surface area contributed by atoms with Crippen molar-refractivity contribution in [3.05, 3.63) is 64.7 Å². The first-order valence-electron chi connectivity index (χ1n) is 8.36. The zero-order valence-corrected chi connectivity index (χ0v) is 15.5. The number of aliphatic carboxylic acids is 1. The summed E-state index contributed by atoms with van der Waals surface area (Å²) in [6.45, 7) is 1.92. The topological polar surface area (TPSA) is 75.6 Å². The molecule has 0 saturated carbocycles. The van der Waals surface area contributed by atoms with E-state index in [1.54, 1.807) is 43.5 Å². The van der Waals surface area contributed by atoms with Gasteiger partial charge in [-0.2, -0.15) is 0 Å². The molecule has 1 amide bonds. The fourth-order valence-corrected chi connectivity index (χ4v) is 2.93. The second-order valence-electron chi connectivity index (χ2n) is 5.94. The summed E-state index contributed by atoms with van der Waals surface area (Å²) in [6, 6.07) is 13.5. The Morgan fingerprint density at radius 2 is 1.65 bits per heavy atom. The van der Waals surface area contributed by atoms with Crippen LogP contribution >= 0.6 is 11.6 Å². The van der Waals surface area contributed by atoms with Gasteiger partial charge in [0.15, 0.2) is 0 Å². The van der Waals surface area contributed by atoms with Gasteiger partial charge in [-0.1, -0.05) is 42.8 Å². The Kier molecular flexibility index (Phi) is 7.04. The van der Waals surface area contributed by atoms with E-state index >= 15 is 0 Å². The molecule has 138 valence electrons. The molecule has 2 aromatic rings. The van der Waals surface area contributed by atoms with Crippen LogP contribution in [0.25, 0.3) is 0 Å². The van der Waals surface area contributed by atoms with E-state index in [9.17, 15) is 14.7 Å². The summed E-state index contributed by atoms with van der Waals surface area (Å²) in [5, 5.41) is 12.6. The van der Waals surface area contributed by atoms with E-state index in [1.807, 2.05) is 19.1 Å². The lowest BCUT2D eigenvalue weighted by atomic mass is 9.94. The van der Waals surface area contributed by atoms with Crippen molar-refractivity contribution >= 4 is 23.5 Å². The predicted molar refractivity (Wildman–Crippen MR) is 101 cm³/mol. The number of ether oxygens (including phenoxy) is 1. The molecule has 6 heteroatoms. The van der Waals surface area contributed by atoms with Crippen LogP contribution in [-0.2, 0) is 9.59 Å². The number of halogens is 1. The zero-order valence-electron chi connectivity index (χ0n) is 14.7. The quantitative estimate of drug-likeness (QED) is 0.725. The molecule has 0 aliphatic heterocycles. The van der Waals surface area contributed by atoms with Crippen molar-refractivity contribution in [3.63, 3.8) is 0 Å². The Labute approximate surface area is 157 Å². The average molecular weight is 376 g/mol. The molecule has 5 nitrogen and oxygen atoms in total. The summed E-state index contributed by atoms with van der Waals surface area (Å²) in [5.74, 6) is -0.847. The lowest BCUT2D eigenvalue weighted by molar-refractivity contribution is -0.137. The number of carbonyl (C=O) groups is 2. The molecule has 0 saturated heterocycles. The van der Waals surface area contributed by atoms with Crippen molar-refractivity contribution in [1.82, 2.24) is 5.32 Å². The summed E-state index contributed by atoms with van der Waals surface area (Å²) >= 11 is 5.89. The molecule has 2 rings (SSSR count). The van der Waals surface area contributed by atoms with E-state index in [-0.39, 0.29) is 18.2 Å². The first-order chi connectivity index (χ1) is 12.4. The van der Waals surface area contributed by atoms with Crippen molar-refractivity contribution in [2.75, 3.05) is 7.11 Å². The van der Waals surface area contributed by atoms with Gasteiger partial charge < -0.3 is 15.2 Å². The second-order valence-corrected chi connectivity index (χ2v) is 6.38. The normalized spacial score (nSPS) is 12.9. The van der Waals surface area contributed by atoms with Crippen LogP contribution in [0.3, 0.4) is 0 Å². The molecular weight excluding hydrogens is 354 g/mol. The van der Waals surface area contributed by atoms with Gasteiger partial charge in [-0.25, -0.2) is 0 Å². The molecule has 2 atom stereocenters. The summed E-state index contributed by atoms with van der Waals surface area (Å²) in [7, 11) is 1.58. The molecule has 26 heavy (non-hydrogen) atoms. The molecule has 2 aromatic carbocycles. The van der Waals surface area contributed by atoms with Gasteiger partial charge in [0.05, 0.1) is 25.5 Å². The van der Waals surface area contributed by atoms with Crippen molar-refractivity contribution in [2.24, 2.45) is 0 Å². The summed E-state index contributed by atoms with van der Waals surface area (Å²) in [5.41, 5.74) is 1.56. The largest absolute Gasteiger partial charge is 0.497 e. The molecule has 0 bridgehead atoms. The van der Waals surface area contributed by atoms with Gasteiger partial charge in [0.2, 0.25) is 5.91 Å². The number of methoxy groups -OCH3 is 1. The van der Waals surface area contributed by atoms with Gasteiger partial charge in [-0.3, -0.25) is 9.59 Å². The average Bonchev–Trinajstić information content (AvgIpc) is 2.62. The van der Waals surface area contributed by atoms with Gasteiger partial charge in [0.25, 0.3) is 0 Å². The minimum absolute atomic E-state index is 0.202. The summed E-state index contributed by atoms with van der Waals surface area (Å²) in [4.78, 5) is 24.0. The third kappa shape index (κ3) is 5.23. The van der Waals surface area contributed by atoms with E-state index in [0.29, 0.717) is 22.8 Å². The van der Waals surface area contributed by atoms with Crippen LogP contribution in [0.5, 0.6) is 5.75 Å².